The Kier molecular flexibility index (Phi) is 7.50. The van der Waals surface area contributed by atoms with Crippen molar-refractivity contribution in [3.8, 4) is 0 Å². The first-order valence-corrected chi connectivity index (χ1v) is 11.9. The van der Waals surface area contributed by atoms with Gasteiger partial charge in [-0.15, -0.1) is 0 Å². The highest BCUT2D eigenvalue weighted by Crippen LogP contribution is 2.32. The van der Waals surface area contributed by atoms with Crippen LogP contribution in [0.5, 0.6) is 0 Å². The lowest BCUT2D eigenvalue weighted by Gasteiger charge is -2.25. The van der Waals surface area contributed by atoms with Crippen molar-refractivity contribution in [2.24, 2.45) is 0 Å². The molecule has 0 saturated carbocycles. The van der Waals surface area contributed by atoms with Gasteiger partial charge in [-0.2, -0.15) is 0 Å². The van der Waals surface area contributed by atoms with Gasteiger partial charge in [0.15, 0.2) is 0 Å². The Morgan fingerprint density at radius 2 is 1.69 bits per heavy atom. The molecule has 0 spiro atoms. The zero-order valence-corrected chi connectivity index (χ0v) is 19.8. The van der Waals surface area contributed by atoms with Crippen LogP contribution in [0.25, 0.3) is 0 Å². The number of aromatic carboxylic acids is 1. The quantitative estimate of drug-likeness (QED) is 0.340. The highest BCUT2D eigenvalue weighted by Gasteiger charge is 2.30. The second kappa shape index (κ2) is 10.3. The number of nitro groups is 1. The molecule has 0 unspecified atom stereocenters. The number of hydrogen-bond acceptors (Lipinski definition) is 6. The Balaban J connectivity index is 1.95. The van der Waals surface area contributed by atoms with Crippen LogP contribution in [0.2, 0.25) is 0 Å². The van der Waals surface area contributed by atoms with Crippen molar-refractivity contribution in [3.63, 3.8) is 0 Å². The molecule has 0 bridgehead atoms. The van der Waals surface area contributed by atoms with Crippen molar-refractivity contribution < 1.29 is 28.0 Å². The molecule has 3 aromatic rings. The van der Waals surface area contributed by atoms with Crippen LogP contribution in [0, 0.1) is 24.0 Å². The first-order valence-electron chi connectivity index (χ1n) is 10.4. The molecule has 0 heterocycles. The van der Waals surface area contributed by atoms with Crippen LogP contribution in [0.1, 0.15) is 27.0 Å². The van der Waals surface area contributed by atoms with Gasteiger partial charge >= 0.3 is 5.97 Å². The van der Waals surface area contributed by atoms with Gasteiger partial charge in [0.2, 0.25) is 5.91 Å². The fourth-order valence-corrected chi connectivity index (χ4v) is 4.90. The van der Waals surface area contributed by atoms with E-state index in [4.69, 9.17) is 5.11 Å². The van der Waals surface area contributed by atoms with Crippen LogP contribution >= 0.6 is 0 Å². The van der Waals surface area contributed by atoms with Crippen molar-refractivity contribution >= 4 is 33.3 Å². The summed E-state index contributed by atoms with van der Waals surface area (Å²) in [6.07, 6.45) is 0. The molecule has 35 heavy (non-hydrogen) atoms. The van der Waals surface area contributed by atoms with Gasteiger partial charge in [0, 0.05) is 12.6 Å². The summed E-state index contributed by atoms with van der Waals surface area (Å²) in [6.45, 7) is 2.54. The van der Waals surface area contributed by atoms with Crippen molar-refractivity contribution in [1.29, 1.82) is 0 Å². The smallest absolute Gasteiger partial charge is 0.335 e. The number of anilines is 1. The fourth-order valence-electron chi connectivity index (χ4n) is 3.42. The van der Waals surface area contributed by atoms with Gasteiger partial charge in [-0.05, 0) is 49.7 Å². The SMILES string of the molecule is Cc1ccc(S(=O)(=O)N(CC(=O)NCc2cccc(C(=O)O)c2)c2cccc([N+](=O)[O-])c2C)cc1. The molecule has 182 valence electrons. The molecule has 0 aliphatic rings. The van der Waals surface area contributed by atoms with E-state index < -0.39 is 33.4 Å². The second-order valence-corrected chi connectivity index (χ2v) is 9.65. The number of hydrogen-bond donors (Lipinski definition) is 2. The molecule has 0 saturated heterocycles. The third kappa shape index (κ3) is 5.82. The lowest BCUT2D eigenvalue weighted by atomic mass is 10.1. The topological polar surface area (TPSA) is 147 Å². The molecule has 3 rings (SSSR count). The Bertz CT molecular complexity index is 1390. The lowest BCUT2D eigenvalue weighted by Crippen LogP contribution is -2.41. The molecule has 0 aliphatic heterocycles. The van der Waals surface area contributed by atoms with E-state index in [9.17, 15) is 28.1 Å². The maximum atomic E-state index is 13.5. The summed E-state index contributed by atoms with van der Waals surface area (Å²) in [6, 6.07) is 16.0. The Morgan fingerprint density at radius 1 is 1.03 bits per heavy atom. The van der Waals surface area contributed by atoms with E-state index >= 15 is 0 Å². The number of rotatable bonds is 9. The summed E-state index contributed by atoms with van der Waals surface area (Å²) >= 11 is 0. The maximum absolute atomic E-state index is 13.5. The van der Waals surface area contributed by atoms with Gasteiger partial charge in [0.25, 0.3) is 15.7 Å². The molecular weight excluding hydrogens is 474 g/mol. The first-order chi connectivity index (χ1) is 16.5. The maximum Gasteiger partial charge on any atom is 0.335 e. The second-order valence-electron chi connectivity index (χ2n) is 7.79. The summed E-state index contributed by atoms with van der Waals surface area (Å²) < 4.78 is 27.9. The van der Waals surface area contributed by atoms with Crippen molar-refractivity contribution in [3.05, 3.63) is 99.1 Å². The molecule has 0 aliphatic carbocycles. The molecular formula is C24H23N3O7S. The number of carboxylic acids is 1. The van der Waals surface area contributed by atoms with Crippen LogP contribution in [-0.4, -0.2) is 36.9 Å². The van der Waals surface area contributed by atoms with Crippen molar-refractivity contribution in [1.82, 2.24) is 5.32 Å². The number of carboxylic acid groups (broad SMARTS) is 1. The first kappa shape index (κ1) is 25.4. The van der Waals surface area contributed by atoms with Gasteiger partial charge < -0.3 is 10.4 Å². The highest BCUT2D eigenvalue weighted by atomic mass is 32.2. The summed E-state index contributed by atoms with van der Waals surface area (Å²) in [5.74, 6) is -1.79. The van der Waals surface area contributed by atoms with Crippen LogP contribution in [0.4, 0.5) is 11.4 Å². The number of carbonyl (C=O) groups is 2. The number of amides is 1. The third-order valence-corrected chi connectivity index (χ3v) is 7.08. The lowest BCUT2D eigenvalue weighted by molar-refractivity contribution is -0.385. The van der Waals surface area contributed by atoms with Crippen LogP contribution in [0.15, 0.2) is 71.6 Å². The van der Waals surface area contributed by atoms with Gasteiger partial charge in [-0.3, -0.25) is 19.2 Å². The summed E-state index contributed by atoms with van der Waals surface area (Å²) in [5.41, 5.74) is 1.21. The highest BCUT2D eigenvalue weighted by molar-refractivity contribution is 7.92. The third-order valence-electron chi connectivity index (χ3n) is 5.30. The van der Waals surface area contributed by atoms with E-state index in [0.29, 0.717) is 5.56 Å². The van der Waals surface area contributed by atoms with Crippen molar-refractivity contribution in [2.75, 3.05) is 10.8 Å². The van der Waals surface area contributed by atoms with Crippen LogP contribution < -0.4 is 9.62 Å². The minimum absolute atomic E-state index is 0.00259. The largest absolute Gasteiger partial charge is 0.478 e. The van der Waals surface area contributed by atoms with Gasteiger partial charge in [0.1, 0.15) is 6.54 Å². The standard InChI is InChI=1S/C24H23N3O7S/c1-16-9-11-20(12-10-16)35(33,34)26(21-7-4-8-22(17(21)2)27(31)32)15-23(28)25-14-18-5-3-6-19(13-18)24(29)30/h3-13H,14-15H2,1-2H3,(H,25,28)(H,29,30). The minimum atomic E-state index is -4.26. The van der Waals surface area contributed by atoms with Gasteiger partial charge in [0.05, 0.1) is 26.6 Å². The number of nitrogens with one attached hydrogen (secondary N) is 1. The molecule has 0 aromatic heterocycles. The van der Waals surface area contributed by atoms with Crippen LogP contribution in [0.3, 0.4) is 0 Å². The fraction of sp³-hybridized carbons (Fsp3) is 0.167. The number of nitro benzene ring substituents is 1. The van der Waals surface area contributed by atoms with E-state index in [1.165, 1.54) is 55.5 Å². The van der Waals surface area contributed by atoms with E-state index in [1.54, 1.807) is 25.1 Å². The Morgan fingerprint density at radius 3 is 2.31 bits per heavy atom. The molecule has 0 fully saturated rings. The molecule has 2 N–H and O–H groups in total. The van der Waals surface area contributed by atoms with E-state index in [2.05, 4.69) is 5.32 Å². The van der Waals surface area contributed by atoms with Crippen molar-refractivity contribution in [2.45, 2.75) is 25.3 Å². The molecule has 11 heteroatoms. The number of carbonyl (C=O) groups excluding carboxylic acids is 1. The summed E-state index contributed by atoms with van der Waals surface area (Å²) in [7, 11) is -4.26. The zero-order chi connectivity index (χ0) is 25.8. The molecule has 10 nitrogen and oxygen atoms in total. The summed E-state index contributed by atoms with van der Waals surface area (Å²) in [5, 5.41) is 23.1. The number of sulfonamides is 1. The predicted octanol–water partition coefficient (Wildman–Crippen LogP) is 3.42. The normalized spacial score (nSPS) is 11.0. The molecule has 0 atom stereocenters. The predicted molar refractivity (Wildman–Crippen MR) is 129 cm³/mol. The zero-order valence-electron chi connectivity index (χ0n) is 19.0. The molecule has 0 radical (unpaired) electrons. The molecule has 1 amide bonds. The van der Waals surface area contributed by atoms with Crippen LogP contribution in [-0.2, 0) is 21.4 Å². The van der Waals surface area contributed by atoms with E-state index in [1.807, 2.05) is 0 Å². The Hall–Kier alpha value is -4.25. The number of nitrogens with zero attached hydrogens (tertiary/aromatic N) is 2. The molecule has 3 aromatic carbocycles. The number of aryl methyl sites for hydroxylation is 1. The minimum Gasteiger partial charge on any atom is -0.478 e. The summed E-state index contributed by atoms with van der Waals surface area (Å²) in [4.78, 5) is 34.7. The number of benzene rings is 3. The van der Waals surface area contributed by atoms with E-state index in [0.717, 1.165) is 9.87 Å². The average Bonchev–Trinajstić information content (AvgIpc) is 2.82. The monoisotopic (exact) mass is 497 g/mol. The Labute approximate surface area is 202 Å². The van der Waals surface area contributed by atoms with Gasteiger partial charge in [-0.1, -0.05) is 35.9 Å². The van der Waals surface area contributed by atoms with E-state index in [-0.39, 0.29) is 33.9 Å². The average molecular weight is 498 g/mol. The van der Waals surface area contributed by atoms with Gasteiger partial charge in [-0.25, -0.2) is 13.2 Å².